The van der Waals surface area contributed by atoms with Gasteiger partial charge in [-0.1, -0.05) is 60.7 Å². The van der Waals surface area contributed by atoms with E-state index < -0.39 is 0 Å². The fraction of sp³-hybridized carbons (Fsp3) is 0.172. The molecule has 1 aliphatic rings. The molecule has 0 unspecified atom stereocenters. The van der Waals surface area contributed by atoms with Crippen LogP contribution in [0.1, 0.15) is 38.8 Å². The van der Waals surface area contributed by atoms with Crippen LogP contribution in [0.25, 0.3) is 42.2 Å². The average molecular weight is 643 g/mol. The largest absolute Gasteiger partial charge is 0.512 e. The number of allylic oxidation sites excluding steroid dienone is 2. The minimum Gasteiger partial charge on any atom is -0.512 e. The zero-order valence-electron chi connectivity index (χ0n) is 19.4. The quantitative estimate of drug-likeness (QED) is 0.116. The molecule has 3 nitrogen and oxygen atoms in total. The van der Waals surface area contributed by atoms with Crippen LogP contribution in [0.5, 0.6) is 0 Å². The summed E-state index contributed by atoms with van der Waals surface area (Å²) in [7, 11) is 0. The Balaban J connectivity index is 0.000000303. The van der Waals surface area contributed by atoms with E-state index >= 15 is 0 Å². The number of pyridine rings is 1. The molecule has 0 atom stereocenters. The predicted octanol–water partition coefficient (Wildman–Crippen LogP) is 7.74. The number of benzene rings is 3. The van der Waals surface area contributed by atoms with E-state index in [-0.39, 0.29) is 37.1 Å². The standard InChI is InChI=1S/C24H16NS.C5H8O2.Ir/c1-24(2)17-8-5-9-19-21(17)22-20(26-19)10-11-25-23(22)16-12-14-6-3-4-7-15(14)13-18(16)24;1-4(6)3-5(2)7;/h3-11,13H,1-2H3;3,6H,1-2H3;/q-1;;/b;4-3-;. The van der Waals surface area contributed by atoms with Gasteiger partial charge in [0, 0.05) is 47.5 Å². The second kappa shape index (κ2) is 9.07. The number of aromatic nitrogens is 1. The third kappa shape index (κ3) is 3.98. The number of fused-ring (bicyclic) bond motifs is 3. The van der Waals surface area contributed by atoms with Crippen molar-refractivity contribution < 1.29 is 30.0 Å². The van der Waals surface area contributed by atoms with Crippen LogP contribution in [0.4, 0.5) is 0 Å². The van der Waals surface area contributed by atoms with Gasteiger partial charge in [-0.3, -0.25) is 9.78 Å². The number of aliphatic hydroxyl groups excluding tert-OH is 1. The summed E-state index contributed by atoms with van der Waals surface area (Å²) >= 11 is 1.86. The Morgan fingerprint density at radius 3 is 2.44 bits per heavy atom. The van der Waals surface area contributed by atoms with Crippen molar-refractivity contribution in [3.63, 3.8) is 0 Å². The van der Waals surface area contributed by atoms with E-state index in [4.69, 9.17) is 10.1 Å². The molecule has 1 radical (unpaired) electrons. The van der Waals surface area contributed by atoms with Crippen LogP contribution in [0.2, 0.25) is 0 Å². The Bertz CT molecular complexity index is 1590. The molecule has 2 aromatic heterocycles. The SMILES string of the molecule is CC(=O)/C=C(/C)O.CC1(C)c2cc3ccccc3[c-]c2-c2nccc3sc4cccc1c4c23.[Ir]. The van der Waals surface area contributed by atoms with Gasteiger partial charge in [-0.05, 0) is 47.7 Å². The average Bonchev–Trinajstić information content (AvgIpc) is 3.13. The smallest absolute Gasteiger partial charge is 0.155 e. The maximum absolute atomic E-state index is 10.0. The Morgan fingerprint density at radius 1 is 1.00 bits per heavy atom. The third-order valence-electron chi connectivity index (χ3n) is 6.19. The molecule has 0 spiro atoms. The van der Waals surface area contributed by atoms with E-state index in [0.717, 1.165) is 16.6 Å². The molecule has 0 aliphatic heterocycles. The van der Waals surface area contributed by atoms with Gasteiger partial charge < -0.3 is 5.11 Å². The molecule has 173 valence electrons. The van der Waals surface area contributed by atoms with Crippen LogP contribution < -0.4 is 0 Å². The van der Waals surface area contributed by atoms with Crippen molar-refractivity contribution in [3.05, 3.63) is 89.8 Å². The monoisotopic (exact) mass is 643 g/mol. The van der Waals surface area contributed by atoms with Gasteiger partial charge in [0.25, 0.3) is 0 Å². The second-order valence-electron chi connectivity index (χ2n) is 8.98. The molecule has 5 heteroatoms. The Morgan fingerprint density at radius 2 is 1.74 bits per heavy atom. The topological polar surface area (TPSA) is 50.2 Å². The van der Waals surface area contributed by atoms with Gasteiger partial charge in [-0.25, -0.2) is 0 Å². The van der Waals surface area contributed by atoms with Crippen LogP contribution in [-0.4, -0.2) is 15.9 Å². The number of aliphatic hydroxyl groups is 1. The molecule has 1 aliphatic carbocycles. The molecule has 1 N–H and O–H groups in total. The fourth-order valence-electron chi connectivity index (χ4n) is 4.76. The third-order valence-corrected chi connectivity index (χ3v) is 7.31. The molecule has 0 fully saturated rings. The number of carbonyl (C=O) groups excluding carboxylic acids is 1. The molecule has 0 bridgehead atoms. The van der Waals surface area contributed by atoms with Gasteiger partial charge in [0.15, 0.2) is 5.78 Å². The number of ketones is 1. The minimum atomic E-state index is -0.125. The summed E-state index contributed by atoms with van der Waals surface area (Å²) in [5.41, 5.74) is 4.81. The van der Waals surface area contributed by atoms with E-state index in [2.05, 4.69) is 74.5 Å². The van der Waals surface area contributed by atoms with Crippen LogP contribution >= 0.6 is 11.3 Å². The number of rotatable bonds is 1. The summed E-state index contributed by atoms with van der Waals surface area (Å²) in [6.45, 7) is 7.51. The van der Waals surface area contributed by atoms with Crippen LogP contribution in [0.3, 0.4) is 0 Å². The molecule has 6 rings (SSSR count). The van der Waals surface area contributed by atoms with E-state index in [1.54, 1.807) is 0 Å². The Labute approximate surface area is 216 Å². The molecule has 0 saturated carbocycles. The molecule has 5 aromatic rings. The number of hydrogen-bond acceptors (Lipinski definition) is 4. The maximum Gasteiger partial charge on any atom is 0.155 e. The van der Waals surface area contributed by atoms with Gasteiger partial charge in [-0.15, -0.1) is 34.9 Å². The first kappa shape index (κ1) is 24.3. The molecule has 3 aromatic carbocycles. The Hall–Kier alpha value is -2.85. The summed E-state index contributed by atoms with van der Waals surface area (Å²) in [5.74, 6) is -0.0625. The summed E-state index contributed by atoms with van der Waals surface area (Å²) in [6.07, 6.45) is 3.11. The van der Waals surface area contributed by atoms with Crippen molar-refractivity contribution in [1.29, 1.82) is 0 Å². The molecule has 0 saturated heterocycles. The van der Waals surface area contributed by atoms with Gasteiger partial charge in [0.2, 0.25) is 0 Å². The van der Waals surface area contributed by atoms with Gasteiger partial charge in [0.05, 0.1) is 5.76 Å². The summed E-state index contributed by atoms with van der Waals surface area (Å²) < 4.78 is 2.65. The molecular weight excluding hydrogens is 619 g/mol. The summed E-state index contributed by atoms with van der Waals surface area (Å²) in [4.78, 5) is 14.9. The van der Waals surface area contributed by atoms with Crippen molar-refractivity contribution in [1.82, 2.24) is 4.98 Å². The van der Waals surface area contributed by atoms with Crippen molar-refractivity contribution in [2.45, 2.75) is 33.1 Å². The molecule has 2 heterocycles. The normalized spacial score (nSPS) is 13.7. The van der Waals surface area contributed by atoms with Crippen LogP contribution in [-0.2, 0) is 30.3 Å². The van der Waals surface area contributed by atoms with Gasteiger partial charge >= 0.3 is 0 Å². The zero-order chi connectivity index (χ0) is 23.3. The van der Waals surface area contributed by atoms with Crippen molar-refractivity contribution in [2.75, 3.05) is 0 Å². The first-order chi connectivity index (χ1) is 15.8. The minimum absolute atomic E-state index is 0. The number of carbonyl (C=O) groups is 1. The zero-order valence-corrected chi connectivity index (χ0v) is 22.6. The van der Waals surface area contributed by atoms with E-state index in [9.17, 15) is 4.79 Å². The molecule has 0 amide bonds. The van der Waals surface area contributed by atoms with Crippen molar-refractivity contribution in [3.8, 4) is 11.3 Å². The van der Waals surface area contributed by atoms with Gasteiger partial charge in [0.1, 0.15) is 0 Å². The van der Waals surface area contributed by atoms with Gasteiger partial charge in [-0.2, -0.15) is 0 Å². The van der Waals surface area contributed by atoms with Crippen molar-refractivity contribution in [2.24, 2.45) is 0 Å². The van der Waals surface area contributed by atoms with E-state index in [0.29, 0.717) is 0 Å². The molecular formula is C29H24IrNO2S-. The van der Waals surface area contributed by atoms with Crippen molar-refractivity contribution >= 4 is 48.1 Å². The van der Waals surface area contributed by atoms with E-state index in [1.165, 1.54) is 56.6 Å². The fourth-order valence-corrected chi connectivity index (χ4v) is 5.89. The predicted molar refractivity (Wildman–Crippen MR) is 138 cm³/mol. The summed E-state index contributed by atoms with van der Waals surface area (Å²) in [5, 5.41) is 13.4. The van der Waals surface area contributed by atoms with Crippen LogP contribution in [0, 0.1) is 6.07 Å². The maximum atomic E-state index is 10.0. The first-order valence-corrected chi connectivity index (χ1v) is 11.7. The molecule has 34 heavy (non-hydrogen) atoms. The van der Waals surface area contributed by atoms with Crippen LogP contribution in [0.15, 0.2) is 72.6 Å². The number of hydrogen-bond donors (Lipinski definition) is 1. The second-order valence-corrected chi connectivity index (χ2v) is 10.1. The van der Waals surface area contributed by atoms with E-state index in [1.807, 2.05) is 17.5 Å². The first-order valence-electron chi connectivity index (χ1n) is 10.9. The number of thiophene rings is 1. The number of nitrogens with zero attached hydrogens (tertiary/aromatic N) is 1. The summed E-state index contributed by atoms with van der Waals surface area (Å²) in [6, 6.07) is 23.4. The Kier molecular flexibility index (Phi) is 6.48.